The molecule has 0 aliphatic rings. The Morgan fingerprint density at radius 3 is 1.67 bits per heavy atom. The molecule has 1 heterocycles. The SMILES string of the molecule is CCCCC(C(=O)O)c1ccncc1.c1cc2ccc3cccc4ccc(c1)c2c34. The van der Waals surface area contributed by atoms with Gasteiger partial charge in [-0.15, -0.1) is 0 Å². The Balaban J connectivity index is 0.000000147. The summed E-state index contributed by atoms with van der Waals surface area (Å²) in [6.07, 6.45) is 5.94. The molecule has 4 aromatic carbocycles. The number of hydrogen-bond acceptors (Lipinski definition) is 2. The van der Waals surface area contributed by atoms with Gasteiger partial charge in [0.05, 0.1) is 5.92 Å². The number of aromatic nitrogens is 1. The molecule has 1 aromatic heterocycles. The van der Waals surface area contributed by atoms with E-state index in [1.165, 1.54) is 32.3 Å². The molecule has 0 spiro atoms. The molecule has 0 amide bonds. The minimum atomic E-state index is -0.746. The first-order chi connectivity index (χ1) is 14.7. The highest BCUT2D eigenvalue weighted by Crippen LogP contribution is 2.33. The Kier molecular flexibility index (Phi) is 5.89. The standard InChI is InChI=1S/C16H10.C11H15NO2/c1-3-11-7-9-13-5-2-6-14-10-8-12(4-1)15(11)16(13)14;1-2-3-4-10(11(13)14)9-5-7-12-8-6-9/h1-10H;5-8,10H,2-4H2,1H3,(H,13,14). The Morgan fingerprint density at radius 1 is 0.800 bits per heavy atom. The number of hydrogen-bond donors (Lipinski definition) is 1. The highest BCUT2D eigenvalue weighted by Gasteiger charge is 2.18. The van der Waals surface area contributed by atoms with Gasteiger partial charge in [-0.25, -0.2) is 0 Å². The number of benzene rings is 4. The topological polar surface area (TPSA) is 50.2 Å². The minimum Gasteiger partial charge on any atom is -0.481 e. The van der Waals surface area contributed by atoms with Crippen molar-refractivity contribution in [2.45, 2.75) is 32.1 Å². The summed E-state index contributed by atoms with van der Waals surface area (Å²) in [5.74, 6) is -1.12. The number of nitrogens with zero attached hydrogens (tertiary/aromatic N) is 1. The lowest BCUT2D eigenvalue weighted by molar-refractivity contribution is -0.139. The zero-order valence-corrected chi connectivity index (χ0v) is 17.1. The Morgan fingerprint density at radius 2 is 1.27 bits per heavy atom. The van der Waals surface area contributed by atoms with Gasteiger partial charge in [0, 0.05) is 12.4 Å². The molecule has 1 unspecified atom stereocenters. The van der Waals surface area contributed by atoms with Crippen molar-refractivity contribution in [3.05, 3.63) is 90.8 Å². The molecule has 3 heteroatoms. The maximum atomic E-state index is 11.0. The molecule has 0 aliphatic heterocycles. The van der Waals surface area contributed by atoms with Gasteiger partial charge < -0.3 is 5.11 Å². The maximum Gasteiger partial charge on any atom is 0.310 e. The van der Waals surface area contributed by atoms with Crippen LogP contribution in [0.15, 0.2) is 85.2 Å². The number of rotatable bonds is 5. The van der Waals surface area contributed by atoms with Crippen LogP contribution in [0.4, 0.5) is 0 Å². The molecule has 0 radical (unpaired) electrons. The lowest BCUT2D eigenvalue weighted by Crippen LogP contribution is -2.11. The van der Waals surface area contributed by atoms with Crippen LogP contribution in [0.5, 0.6) is 0 Å². The van der Waals surface area contributed by atoms with Gasteiger partial charge in [0.15, 0.2) is 0 Å². The largest absolute Gasteiger partial charge is 0.481 e. The predicted octanol–water partition coefficient (Wildman–Crippen LogP) is 7.02. The molecular formula is C27H25NO2. The third-order valence-electron chi connectivity index (χ3n) is 5.65. The summed E-state index contributed by atoms with van der Waals surface area (Å²) in [5.41, 5.74) is 0.848. The van der Waals surface area contributed by atoms with E-state index in [1.54, 1.807) is 24.5 Å². The van der Waals surface area contributed by atoms with Gasteiger partial charge in [-0.1, -0.05) is 80.4 Å². The van der Waals surface area contributed by atoms with Crippen molar-refractivity contribution in [1.29, 1.82) is 0 Å². The van der Waals surface area contributed by atoms with Crippen LogP contribution >= 0.6 is 0 Å². The Bertz CT molecular complexity index is 1130. The van der Waals surface area contributed by atoms with E-state index in [9.17, 15) is 4.79 Å². The van der Waals surface area contributed by atoms with E-state index in [0.717, 1.165) is 18.4 Å². The smallest absolute Gasteiger partial charge is 0.310 e. The third-order valence-corrected chi connectivity index (χ3v) is 5.65. The second-order valence-corrected chi connectivity index (χ2v) is 7.60. The fraction of sp³-hybridized carbons (Fsp3) is 0.185. The average molecular weight is 396 g/mol. The minimum absolute atomic E-state index is 0.377. The van der Waals surface area contributed by atoms with Gasteiger partial charge in [-0.2, -0.15) is 0 Å². The number of pyridine rings is 1. The van der Waals surface area contributed by atoms with E-state index >= 15 is 0 Å². The predicted molar refractivity (Wildman–Crippen MR) is 124 cm³/mol. The Labute approximate surface area is 176 Å². The van der Waals surface area contributed by atoms with Crippen molar-refractivity contribution < 1.29 is 9.90 Å². The van der Waals surface area contributed by atoms with E-state index in [4.69, 9.17) is 5.11 Å². The molecular weight excluding hydrogens is 370 g/mol. The molecule has 5 aromatic rings. The molecule has 150 valence electrons. The second kappa shape index (κ2) is 8.91. The van der Waals surface area contributed by atoms with Gasteiger partial charge in [-0.05, 0) is 56.4 Å². The number of unbranched alkanes of at least 4 members (excludes halogenated alkanes) is 1. The van der Waals surface area contributed by atoms with Crippen LogP contribution in [0.3, 0.4) is 0 Å². The van der Waals surface area contributed by atoms with Crippen LogP contribution in [0.25, 0.3) is 32.3 Å². The molecule has 5 rings (SSSR count). The number of carbonyl (C=O) groups is 1. The molecule has 3 nitrogen and oxygen atoms in total. The van der Waals surface area contributed by atoms with E-state index < -0.39 is 5.97 Å². The summed E-state index contributed by atoms with van der Waals surface area (Å²) in [6.45, 7) is 2.06. The lowest BCUT2D eigenvalue weighted by atomic mass is 9.95. The molecule has 0 saturated carbocycles. The average Bonchev–Trinajstić information content (AvgIpc) is 2.79. The van der Waals surface area contributed by atoms with Crippen molar-refractivity contribution in [3.8, 4) is 0 Å². The summed E-state index contributed by atoms with van der Waals surface area (Å²) in [7, 11) is 0. The quantitative estimate of drug-likeness (QED) is 0.325. The summed E-state index contributed by atoms with van der Waals surface area (Å²) >= 11 is 0. The van der Waals surface area contributed by atoms with Crippen LogP contribution in [-0.4, -0.2) is 16.1 Å². The Hall–Kier alpha value is -3.46. The summed E-state index contributed by atoms with van der Waals surface area (Å²) < 4.78 is 0. The number of carboxylic acids is 1. The van der Waals surface area contributed by atoms with Crippen molar-refractivity contribution in [3.63, 3.8) is 0 Å². The normalized spacial score (nSPS) is 12.0. The molecule has 1 atom stereocenters. The number of carboxylic acid groups (broad SMARTS) is 1. The lowest BCUT2D eigenvalue weighted by Gasteiger charge is -2.11. The van der Waals surface area contributed by atoms with Crippen molar-refractivity contribution >= 4 is 38.3 Å². The summed E-state index contributed by atoms with van der Waals surface area (Å²) in [6, 6.07) is 25.4. The van der Waals surface area contributed by atoms with Crippen LogP contribution in [0.1, 0.15) is 37.7 Å². The summed E-state index contributed by atoms with van der Waals surface area (Å²) in [5, 5.41) is 17.2. The first-order valence-corrected chi connectivity index (χ1v) is 10.4. The monoisotopic (exact) mass is 395 g/mol. The maximum absolute atomic E-state index is 11.0. The van der Waals surface area contributed by atoms with Gasteiger partial charge in [0.2, 0.25) is 0 Å². The molecule has 0 saturated heterocycles. The first-order valence-electron chi connectivity index (χ1n) is 10.4. The van der Waals surface area contributed by atoms with Crippen molar-refractivity contribution in [2.75, 3.05) is 0 Å². The first kappa shape index (κ1) is 19.8. The molecule has 0 fully saturated rings. The van der Waals surface area contributed by atoms with Gasteiger partial charge in [-0.3, -0.25) is 9.78 Å². The van der Waals surface area contributed by atoms with Crippen LogP contribution in [0.2, 0.25) is 0 Å². The van der Waals surface area contributed by atoms with Crippen LogP contribution in [-0.2, 0) is 4.79 Å². The fourth-order valence-corrected chi connectivity index (χ4v) is 4.11. The van der Waals surface area contributed by atoms with E-state index in [0.29, 0.717) is 6.42 Å². The fourth-order valence-electron chi connectivity index (χ4n) is 4.11. The van der Waals surface area contributed by atoms with E-state index in [2.05, 4.69) is 72.6 Å². The molecule has 1 N–H and O–H groups in total. The number of aliphatic carboxylic acids is 1. The molecule has 0 aliphatic carbocycles. The van der Waals surface area contributed by atoms with Crippen LogP contribution in [0, 0.1) is 0 Å². The highest BCUT2D eigenvalue weighted by atomic mass is 16.4. The van der Waals surface area contributed by atoms with Crippen molar-refractivity contribution in [2.24, 2.45) is 0 Å². The third kappa shape index (κ3) is 3.97. The van der Waals surface area contributed by atoms with Gasteiger partial charge >= 0.3 is 5.97 Å². The van der Waals surface area contributed by atoms with Crippen molar-refractivity contribution in [1.82, 2.24) is 4.98 Å². The van der Waals surface area contributed by atoms with E-state index in [1.807, 2.05) is 0 Å². The van der Waals surface area contributed by atoms with Gasteiger partial charge in [0.1, 0.15) is 0 Å². The van der Waals surface area contributed by atoms with Crippen LogP contribution < -0.4 is 0 Å². The zero-order chi connectivity index (χ0) is 20.9. The zero-order valence-electron chi connectivity index (χ0n) is 17.1. The molecule has 0 bridgehead atoms. The van der Waals surface area contributed by atoms with Gasteiger partial charge in [0.25, 0.3) is 0 Å². The summed E-state index contributed by atoms with van der Waals surface area (Å²) in [4.78, 5) is 14.9. The molecule has 30 heavy (non-hydrogen) atoms. The highest BCUT2D eigenvalue weighted by molar-refractivity contribution is 6.22. The van der Waals surface area contributed by atoms with E-state index in [-0.39, 0.29) is 5.92 Å². The second-order valence-electron chi connectivity index (χ2n) is 7.60.